The largest absolute Gasteiger partial charge is 0.357 e. The van der Waals surface area contributed by atoms with Gasteiger partial charge in [-0.2, -0.15) is 0 Å². The maximum atomic E-state index is 13.8. The fraction of sp³-hybridized carbons (Fsp3) is 0.381. The van der Waals surface area contributed by atoms with Gasteiger partial charge in [0.15, 0.2) is 5.96 Å². The van der Waals surface area contributed by atoms with Crippen LogP contribution in [0.3, 0.4) is 0 Å². The van der Waals surface area contributed by atoms with Gasteiger partial charge in [0.2, 0.25) is 10.0 Å². The molecule has 0 aliphatic heterocycles. The zero-order valence-corrected chi connectivity index (χ0v) is 18.2. The van der Waals surface area contributed by atoms with Gasteiger partial charge in [0.25, 0.3) is 0 Å². The number of sulfonamides is 1. The molecule has 0 unspecified atom stereocenters. The highest BCUT2D eigenvalue weighted by molar-refractivity contribution is 7.88. The van der Waals surface area contributed by atoms with E-state index in [1.54, 1.807) is 26.0 Å². The third-order valence-corrected chi connectivity index (χ3v) is 5.61. The number of aliphatic imine (C=N–C) groups is 1. The molecular weight excluding hydrogens is 410 g/mol. The number of rotatable bonds is 9. The van der Waals surface area contributed by atoms with Gasteiger partial charge >= 0.3 is 0 Å². The first-order valence-corrected chi connectivity index (χ1v) is 11.4. The van der Waals surface area contributed by atoms with Gasteiger partial charge in [-0.05, 0) is 50.1 Å². The highest BCUT2D eigenvalue weighted by atomic mass is 32.2. The van der Waals surface area contributed by atoms with Crippen molar-refractivity contribution in [2.75, 3.05) is 6.54 Å². The topological polar surface area (TPSA) is 82.6 Å². The minimum atomic E-state index is -3.46. The van der Waals surface area contributed by atoms with Crippen LogP contribution in [0.1, 0.15) is 37.5 Å². The fourth-order valence-corrected chi connectivity index (χ4v) is 4.32. The molecule has 0 radical (unpaired) electrons. The van der Waals surface area contributed by atoms with Crippen molar-refractivity contribution in [3.8, 4) is 0 Å². The van der Waals surface area contributed by atoms with Crippen molar-refractivity contribution in [3.05, 3.63) is 70.8 Å². The standard InChI is InChI=1S/C21H28F2N4O2S/c1-4-24-21(26-13-18-11-19(22)9-10-20(18)23)25-12-16-7-5-6-8-17(16)14-30(28,29)27-15(2)3/h5-11,15,27H,4,12-14H2,1-3H3,(H2,24,25,26). The number of halogens is 2. The lowest BCUT2D eigenvalue weighted by atomic mass is 10.1. The van der Waals surface area contributed by atoms with Crippen LogP contribution in [0, 0.1) is 11.6 Å². The van der Waals surface area contributed by atoms with E-state index in [4.69, 9.17) is 0 Å². The summed E-state index contributed by atoms with van der Waals surface area (Å²) in [7, 11) is -3.46. The maximum absolute atomic E-state index is 13.8. The molecule has 0 amide bonds. The van der Waals surface area contributed by atoms with Gasteiger partial charge in [0.1, 0.15) is 11.6 Å². The van der Waals surface area contributed by atoms with Crippen molar-refractivity contribution < 1.29 is 17.2 Å². The van der Waals surface area contributed by atoms with E-state index < -0.39 is 21.7 Å². The van der Waals surface area contributed by atoms with Crippen molar-refractivity contribution in [1.29, 1.82) is 0 Å². The second kappa shape index (κ2) is 11.0. The zero-order chi connectivity index (χ0) is 22.1. The van der Waals surface area contributed by atoms with E-state index in [1.807, 2.05) is 19.1 Å². The molecule has 3 N–H and O–H groups in total. The minimum absolute atomic E-state index is 0.0345. The zero-order valence-electron chi connectivity index (χ0n) is 17.4. The smallest absolute Gasteiger partial charge is 0.216 e. The molecule has 0 fully saturated rings. The summed E-state index contributed by atoms with van der Waals surface area (Å²) in [6.07, 6.45) is 0. The van der Waals surface area contributed by atoms with E-state index in [9.17, 15) is 17.2 Å². The van der Waals surface area contributed by atoms with Crippen molar-refractivity contribution >= 4 is 16.0 Å². The number of hydrogen-bond acceptors (Lipinski definition) is 3. The molecule has 0 bridgehead atoms. The lowest BCUT2D eigenvalue weighted by Crippen LogP contribution is -2.37. The molecule has 0 saturated carbocycles. The number of nitrogens with zero attached hydrogens (tertiary/aromatic N) is 1. The highest BCUT2D eigenvalue weighted by Crippen LogP contribution is 2.13. The molecule has 6 nitrogen and oxygen atoms in total. The van der Waals surface area contributed by atoms with Crippen LogP contribution in [-0.2, 0) is 28.9 Å². The Bertz CT molecular complexity index is 979. The second-order valence-electron chi connectivity index (χ2n) is 7.08. The Morgan fingerprint density at radius 3 is 2.40 bits per heavy atom. The first-order valence-electron chi connectivity index (χ1n) is 9.73. The van der Waals surface area contributed by atoms with Crippen LogP contribution in [0.25, 0.3) is 0 Å². The summed E-state index contributed by atoms with van der Waals surface area (Å²) in [4.78, 5) is 4.30. The van der Waals surface area contributed by atoms with Gasteiger partial charge < -0.3 is 10.6 Å². The Balaban J connectivity index is 2.12. The number of benzene rings is 2. The maximum Gasteiger partial charge on any atom is 0.216 e. The molecular formula is C21H28F2N4O2S. The van der Waals surface area contributed by atoms with E-state index in [0.717, 1.165) is 23.8 Å². The van der Waals surface area contributed by atoms with Crippen LogP contribution >= 0.6 is 0 Å². The summed E-state index contributed by atoms with van der Waals surface area (Å²) >= 11 is 0. The highest BCUT2D eigenvalue weighted by Gasteiger charge is 2.15. The molecule has 30 heavy (non-hydrogen) atoms. The van der Waals surface area contributed by atoms with Crippen LogP contribution < -0.4 is 15.4 Å². The normalized spacial score (nSPS) is 12.3. The Labute approximate surface area is 176 Å². The Kier molecular flexibility index (Phi) is 8.73. The molecule has 0 aliphatic rings. The summed E-state index contributed by atoms with van der Waals surface area (Å²) in [5.74, 6) is -0.765. The lowest BCUT2D eigenvalue weighted by Gasteiger charge is -2.15. The van der Waals surface area contributed by atoms with Gasteiger partial charge in [0.05, 0.1) is 12.3 Å². The molecule has 2 rings (SSSR count). The quantitative estimate of drug-likeness (QED) is 0.415. The van der Waals surface area contributed by atoms with Crippen molar-refractivity contribution in [1.82, 2.24) is 15.4 Å². The van der Waals surface area contributed by atoms with Gasteiger partial charge in [-0.15, -0.1) is 0 Å². The Morgan fingerprint density at radius 1 is 1.03 bits per heavy atom. The van der Waals surface area contributed by atoms with Gasteiger partial charge in [-0.25, -0.2) is 26.9 Å². The van der Waals surface area contributed by atoms with E-state index in [0.29, 0.717) is 24.6 Å². The fourth-order valence-electron chi connectivity index (χ4n) is 2.83. The predicted molar refractivity (Wildman–Crippen MR) is 115 cm³/mol. The first kappa shape index (κ1) is 23.8. The average molecular weight is 439 g/mol. The van der Waals surface area contributed by atoms with Crippen molar-refractivity contribution in [2.45, 2.75) is 45.7 Å². The van der Waals surface area contributed by atoms with Gasteiger partial charge in [0, 0.05) is 24.7 Å². The summed E-state index contributed by atoms with van der Waals surface area (Å²) < 4.78 is 54.3. The van der Waals surface area contributed by atoms with E-state index >= 15 is 0 Å². The van der Waals surface area contributed by atoms with Gasteiger partial charge in [-0.1, -0.05) is 24.3 Å². The van der Waals surface area contributed by atoms with Gasteiger partial charge in [-0.3, -0.25) is 0 Å². The molecule has 0 aliphatic carbocycles. The van der Waals surface area contributed by atoms with Crippen molar-refractivity contribution in [2.24, 2.45) is 4.99 Å². The molecule has 0 spiro atoms. The number of nitrogens with one attached hydrogen (secondary N) is 3. The predicted octanol–water partition coefficient (Wildman–Crippen LogP) is 3.05. The number of guanidine groups is 1. The summed E-state index contributed by atoms with van der Waals surface area (Å²) in [5.41, 5.74) is 1.62. The van der Waals surface area contributed by atoms with Crippen LogP contribution in [-0.4, -0.2) is 27.0 Å². The second-order valence-corrected chi connectivity index (χ2v) is 8.84. The monoisotopic (exact) mass is 438 g/mol. The van der Waals surface area contributed by atoms with E-state index in [2.05, 4.69) is 20.3 Å². The molecule has 0 aromatic heterocycles. The molecule has 164 valence electrons. The first-order chi connectivity index (χ1) is 14.2. The van der Waals surface area contributed by atoms with Crippen LogP contribution in [0.4, 0.5) is 8.78 Å². The summed E-state index contributed by atoms with van der Waals surface area (Å²) in [6, 6.07) is 10.3. The molecule has 2 aromatic rings. The Hall–Kier alpha value is -2.52. The summed E-state index contributed by atoms with van der Waals surface area (Å²) in [6.45, 7) is 6.29. The van der Waals surface area contributed by atoms with E-state index in [1.165, 1.54) is 0 Å². The molecule has 9 heteroatoms. The lowest BCUT2D eigenvalue weighted by molar-refractivity contribution is 0.568. The molecule has 0 saturated heterocycles. The van der Waals surface area contributed by atoms with E-state index in [-0.39, 0.29) is 23.9 Å². The molecule has 0 heterocycles. The van der Waals surface area contributed by atoms with Crippen LogP contribution in [0.5, 0.6) is 0 Å². The minimum Gasteiger partial charge on any atom is -0.357 e. The molecule has 0 atom stereocenters. The number of hydrogen-bond donors (Lipinski definition) is 3. The Morgan fingerprint density at radius 2 is 1.73 bits per heavy atom. The third kappa shape index (κ3) is 7.72. The van der Waals surface area contributed by atoms with Crippen LogP contribution in [0.2, 0.25) is 0 Å². The van der Waals surface area contributed by atoms with Crippen LogP contribution in [0.15, 0.2) is 47.5 Å². The summed E-state index contributed by atoms with van der Waals surface area (Å²) in [5, 5.41) is 6.16. The molecule has 2 aromatic carbocycles. The van der Waals surface area contributed by atoms with Crippen molar-refractivity contribution in [3.63, 3.8) is 0 Å². The SMILES string of the molecule is CCNC(=NCc1cc(F)ccc1F)NCc1ccccc1CS(=O)(=O)NC(C)C. The third-order valence-electron chi connectivity index (χ3n) is 4.08. The average Bonchev–Trinajstić information content (AvgIpc) is 2.66.